The minimum absolute atomic E-state index is 0.0271. The second kappa shape index (κ2) is 10.0. The first-order chi connectivity index (χ1) is 16.0. The summed E-state index contributed by atoms with van der Waals surface area (Å²) in [6.45, 7) is 8.38. The van der Waals surface area contributed by atoms with Crippen molar-refractivity contribution in [2.75, 3.05) is 49.1 Å². The monoisotopic (exact) mass is 451 g/mol. The molecule has 1 aromatic heterocycles. The molecule has 174 valence electrons. The lowest BCUT2D eigenvalue weighted by Gasteiger charge is -2.36. The third kappa shape index (κ3) is 4.84. The highest BCUT2D eigenvalue weighted by atomic mass is 19.1. The van der Waals surface area contributed by atoms with Gasteiger partial charge in [-0.3, -0.25) is 14.2 Å². The summed E-state index contributed by atoms with van der Waals surface area (Å²) in [6.07, 6.45) is 0.241. The van der Waals surface area contributed by atoms with Gasteiger partial charge in [0.2, 0.25) is 11.9 Å². The molecule has 0 unspecified atom stereocenters. The molecule has 0 aliphatic carbocycles. The molecule has 1 amide bonds. The number of hydrogen-bond donors (Lipinski definition) is 0. The van der Waals surface area contributed by atoms with Gasteiger partial charge in [-0.2, -0.15) is 0 Å². The van der Waals surface area contributed by atoms with Gasteiger partial charge in [-0.1, -0.05) is 12.1 Å². The first kappa shape index (κ1) is 22.8. The number of aromatic nitrogens is 2. The van der Waals surface area contributed by atoms with Crippen LogP contribution in [0.5, 0.6) is 0 Å². The van der Waals surface area contributed by atoms with Gasteiger partial charge in [0, 0.05) is 57.9 Å². The number of hydrogen-bond acceptors (Lipinski definition) is 5. The van der Waals surface area contributed by atoms with E-state index in [-0.39, 0.29) is 23.7 Å². The predicted molar refractivity (Wildman–Crippen MR) is 129 cm³/mol. The fourth-order valence-corrected chi connectivity index (χ4v) is 4.34. The van der Waals surface area contributed by atoms with Gasteiger partial charge < -0.3 is 14.7 Å². The number of carbonyl (C=O) groups is 1. The van der Waals surface area contributed by atoms with Crippen molar-refractivity contribution in [3.05, 3.63) is 64.7 Å². The zero-order valence-corrected chi connectivity index (χ0v) is 19.2. The highest BCUT2D eigenvalue weighted by molar-refractivity contribution is 5.79. The van der Waals surface area contributed by atoms with Gasteiger partial charge in [0.15, 0.2) is 0 Å². The fraction of sp³-hybridized carbons (Fsp3) is 0.400. The molecule has 1 aliphatic heterocycles. The zero-order chi connectivity index (χ0) is 23.4. The summed E-state index contributed by atoms with van der Waals surface area (Å²) in [6, 6.07) is 13.8. The molecule has 0 saturated carbocycles. The Labute approximate surface area is 193 Å². The van der Waals surface area contributed by atoms with Crippen molar-refractivity contribution in [3.63, 3.8) is 0 Å². The van der Waals surface area contributed by atoms with Crippen LogP contribution in [0.2, 0.25) is 0 Å². The minimum atomic E-state index is -0.255. The Morgan fingerprint density at radius 2 is 1.67 bits per heavy atom. The van der Waals surface area contributed by atoms with Gasteiger partial charge in [0.25, 0.3) is 5.56 Å². The number of carbonyl (C=O) groups excluding carboxylic acids is 1. The number of nitrogens with zero attached hydrogens (tertiary/aromatic N) is 5. The second-order valence-electron chi connectivity index (χ2n) is 8.15. The van der Waals surface area contributed by atoms with Crippen molar-refractivity contribution in [1.82, 2.24) is 14.5 Å². The SMILES string of the molecule is CCN(CC)c1nc2ccccc2c(=O)n1CCC(=O)N1CCN(c2ccc(F)cc2)CC1. The summed E-state index contributed by atoms with van der Waals surface area (Å²) in [5, 5.41) is 0.564. The fourth-order valence-electron chi connectivity index (χ4n) is 4.34. The van der Waals surface area contributed by atoms with Crippen LogP contribution in [0.4, 0.5) is 16.0 Å². The number of benzene rings is 2. The van der Waals surface area contributed by atoms with E-state index in [2.05, 4.69) is 4.90 Å². The Morgan fingerprint density at radius 1 is 1.00 bits per heavy atom. The molecule has 1 aliphatic rings. The Balaban J connectivity index is 1.46. The van der Waals surface area contributed by atoms with Gasteiger partial charge in [0.1, 0.15) is 5.82 Å². The molecule has 4 rings (SSSR count). The molecule has 0 radical (unpaired) electrons. The van der Waals surface area contributed by atoms with E-state index in [1.165, 1.54) is 12.1 Å². The van der Waals surface area contributed by atoms with Crippen molar-refractivity contribution in [2.45, 2.75) is 26.8 Å². The van der Waals surface area contributed by atoms with Gasteiger partial charge in [-0.25, -0.2) is 9.37 Å². The summed E-state index contributed by atoms with van der Waals surface area (Å²) < 4.78 is 14.8. The molecule has 0 N–H and O–H groups in total. The smallest absolute Gasteiger partial charge is 0.262 e. The molecule has 1 fully saturated rings. The summed E-state index contributed by atoms with van der Waals surface area (Å²) >= 11 is 0. The van der Waals surface area contributed by atoms with Crippen LogP contribution in [0.1, 0.15) is 20.3 Å². The van der Waals surface area contributed by atoms with Crippen molar-refractivity contribution < 1.29 is 9.18 Å². The van der Waals surface area contributed by atoms with Crippen LogP contribution >= 0.6 is 0 Å². The van der Waals surface area contributed by atoms with E-state index < -0.39 is 0 Å². The van der Waals surface area contributed by atoms with Gasteiger partial charge >= 0.3 is 0 Å². The van der Waals surface area contributed by atoms with Crippen LogP contribution in [-0.2, 0) is 11.3 Å². The number of para-hydroxylation sites is 1. The number of halogens is 1. The van der Waals surface area contributed by atoms with Crippen LogP contribution < -0.4 is 15.4 Å². The van der Waals surface area contributed by atoms with Crippen molar-refractivity contribution in [2.24, 2.45) is 0 Å². The largest absolute Gasteiger partial charge is 0.368 e. The molecular formula is C25H30FN5O2. The quantitative estimate of drug-likeness (QED) is 0.552. The first-order valence-electron chi connectivity index (χ1n) is 11.5. The maximum Gasteiger partial charge on any atom is 0.262 e. The lowest BCUT2D eigenvalue weighted by Crippen LogP contribution is -2.49. The van der Waals surface area contributed by atoms with E-state index in [0.29, 0.717) is 49.6 Å². The van der Waals surface area contributed by atoms with Crippen LogP contribution in [-0.4, -0.2) is 59.6 Å². The lowest BCUT2D eigenvalue weighted by atomic mass is 10.2. The molecule has 0 spiro atoms. The third-order valence-electron chi connectivity index (χ3n) is 6.26. The lowest BCUT2D eigenvalue weighted by molar-refractivity contribution is -0.131. The topological polar surface area (TPSA) is 61.7 Å². The molecule has 33 heavy (non-hydrogen) atoms. The maximum atomic E-state index is 13.2. The zero-order valence-electron chi connectivity index (χ0n) is 19.2. The van der Waals surface area contributed by atoms with E-state index in [0.717, 1.165) is 18.8 Å². The number of fused-ring (bicyclic) bond motifs is 1. The third-order valence-corrected chi connectivity index (χ3v) is 6.26. The number of amides is 1. The van der Waals surface area contributed by atoms with E-state index >= 15 is 0 Å². The normalized spacial score (nSPS) is 14.0. The molecular weight excluding hydrogens is 421 g/mol. The maximum absolute atomic E-state index is 13.2. The average Bonchev–Trinajstić information content (AvgIpc) is 2.85. The van der Waals surface area contributed by atoms with E-state index in [1.54, 1.807) is 22.8 Å². The predicted octanol–water partition coefficient (Wildman–Crippen LogP) is 3.12. The van der Waals surface area contributed by atoms with E-state index in [9.17, 15) is 14.0 Å². The highest BCUT2D eigenvalue weighted by Gasteiger charge is 2.22. The number of rotatable bonds is 7. The van der Waals surface area contributed by atoms with Crippen LogP contribution in [0.15, 0.2) is 53.3 Å². The van der Waals surface area contributed by atoms with Crippen LogP contribution in [0, 0.1) is 5.82 Å². The molecule has 2 aromatic carbocycles. The molecule has 0 bridgehead atoms. The number of piperazine rings is 1. The Hall–Kier alpha value is -3.42. The van der Waals surface area contributed by atoms with E-state index in [4.69, 9.17) is 4.98 Å². The van der Waals surface area contributed by atoms with Crippen molar-refractivity contribution in [3.8, 4) is 0 Å². The van der Waals surface area contributed by atoms with Crippen LogP contribution in [0.3, 0.4) is 0 Å². The second-order valence-corrected chi connectivity index (χ2v) is 8.15. The molecule has 1 saturated heterocycles. The summed E-state index contributed by atoms with van der Waals surface area (Å²) in [7, 11) is 0. The molecule has 7 nitrogen and oxygen atoms in total. The average molecular weight is 452 g/mol. The summed E-state index contributed by atoms with van der Waals surface area (Å²) in [5.74, 6) is 0.381. The highest BCUT2D eigenvalue weighted by Crippen LogP contribution is 2.18. The first-order valence-corrected chi connectivity index (χ1v) is 11.5. The minimum Gasteiger partial charge on any atom is -0.368 e. The van der Waals surface area contributed by atoms with Crippen LogP contribution in [0.25, 0.3) is 10.9 Å². The molecule has 8 heteroatoms. The standard InChI is InChI=1S/C25H30FN5O2/c1-3-28(4-2)25-27-22-8-6-5-7-21(22)24(33)31(25)14-13-23(32)30-17-15-29(16-18-30)20-11-9-19(26)10-12-20/h5-12H,3-4,13-18H2,1-2H3. The van der Waals surface area contributed by atoms with Crippen molar-refractivity contribution >= 4 is 28.4 Å². The van der Waals surface area contributed by atoms with E-state index in [1.807, 2.05) is 41.8 Å². The molecule has 3 aromatic rings. The Kier molecular flexibility index (Phi) is 6.91. The Bertz CT molecular complexity index is 1170. The Morgan fingerprint density at radius 3 is 2.33 bits per heavy atom. The molecule has 0 atom stereocenters. The van der Waals surface area contributed by atoms with Gasteiger partial charge in [-0.05, 0) is 50.2 Å². The van der Waals surface area contributed by atoms with Gasteiger partial charge in [-0.15, -0.1) is 0 Å². The molecule has 2 heterocycles. The van der Waals surface area contributed by atoms with Gasteiger partial charge in [0.05, 0.1) is 10.9 Å². The summed E-state index contributed by atoms with van der Waals surface area (Å²) in [4.78, 5) is 37.0. The van der Waals surface area contributed by atoms with Crippen molar-refractivity contribution in [1.29, 1.82) is 0 Å². The summed E-state index contributed by atoms with van der Waals surface area (Å²) in [5.41, 5.74) is 1.52. The number of anilines is 2.